The zero-order valence-electron chi connectivity index (χ0n) is 12.0. The van der Waals surface area contributed by atoms with Crippen LogP contribution in [0.3, 0.4) is 0 Å². The van der Waals surface area contributed by atoms with Crippen LogP contribution in [0, 0.1) is 5.92 Å². The fourth-order valence-electron chi connectivity index (χ4n) is 2.07. The van der Waals surface area contributed by atoms with Crippen LogP contribution in [-0.2, 0) is 11.2 Å². The first-order valence-corrected chi connectivity index (χ1v) is 9.78. The lowest BCUT2D eigenvalue weighted by Crippen LogP contribution is -2.40. The highest BCUT2D eigenvalue weighted by Crippen LogP contribution is 2.13. The number of carbonyl (C=O) groups excluding carboxylic acids is 1. The Morgan fingerprint density at radius 1 is 1.33 bits per heavy atom. The number of hydrogen-bond acceptors (Lipinski definition) is 1. The van der Waals surface area contributed by atoms with Crippen molar-refractivity contribution in [1.82, 2.24) is 0 Å². The molecule has 0 heterocycles. The molecule has 0 aliphatic heterocycles. The highest BCUT2D eigenvalue weighted by atomic mass is 28.3. The Balaban J connectivity index is 2.80. The summed E-state index contributed by atoms with van der Waals surface area (Å²) in [5.41, 5.74) is 1.25. The number of benzene rings is 1. The van der Waals surface area contributed by atoms with Gasteiger partial charge in [-0.05, 0) is 25.0 Å². The number of hydrogen-bond donors (Lipinski definition) is 0. The number of rotatable bonds is 6. The Hall–Kier alpha value is -1.15. The monoisotopic (exact) mass is 260 g/mol. The van der Waals surface area contributed by atoms with Crippen LogP contribution >= 0.6 is 0 Å². The van der Waals surface area contributed by atoms with Crippen molar-refractivity contribution >= 4 is 19.0 Å². The van der Waals surface area contributed by atoms with Crippen LogP contribution < -0.4 is 5.19 Å². The number of allylic oxidation sites excluding steroid dienone is 1. The largest absolute Gasteiger partial charge is 0.300 e. The quantitative estimate of drug-likeness (QED) is 0.564. The minimum atomic E-state index is -1.35. The molecule has 0 fully saturated rings. The minimum Gasteiger partial charge on any atom is -0.300 e. The lowest BCUT2D eigenvalue weighted by Gasteiger charge is -2.21. The summed E-state index contributed by atoms with van der Waals surface area (Å²) >= 11 is 0. The second kappa shape index (κ2) is 6.14. The first-order chi connectivity index (χ1) is 8.36. The van der Waals surface area contributed by atoms with E-state index in [2.05, 4.69) is 43.9 Å². The fraction of sp³-hybridized carbons (Fsp3) is 0.438. The molecule has 18 heavy (non-hydrogen) atoms. The second-order valence-electron chi connectivity index (χ2n) is 5.79. The number of Topliss-reactive ketones (excluding diaryl/α,β-unsaturated/α-hetero) is 1. The van der Waals surface area contributed by atoms with Gasteiger partial charge >= 0.3 is 0 Å². The third-order valence-electron chi connectivity index (χ3n) is 3.63. The first kappa shape index (κ1) is 14.9. The molecule has 1 rings (SSSR count). The average molecular weight is 260 g/mol. The summed E-state index contributed by atoms with van der Waals surface area (Å²) in [5.74, 6) is 0.384. The Kier molecular flexibility index (Phi) is 5.09. The molecule has 1 atom stereocenters. The third-order valence-corrected chi connectivity index (χ3v) is 6.83. The second-order valence-corrected chi connectivity index (χ2v) is 10.5. The van der Waals surface area contributed by atoms with E-state index in [0.29, 0.717) is 0 Å². The summed E-state index contributed by atoms with van der Waals surface area (Å²) in [7, 11) is -1.35. The molecular weight excluding hydrogens is 236 g/mol. The van der Waals surface area contributed by atoms with E-state index in [-0.39, 0.29) is 11.7 Å². The van der Waals surface area contributed by atoms with Gasteiger partial charge in [0.2, 0.25) is 0 Å². The van der Waals surface area contributed by atoms with Gasteiger partial charge in [0.1, 0.15) is 5.78 Å². The van der Waals surface area contributed by atoms with Gasteiger partial charge in [-0.3, -0.25) is 4.79 Å². The van der Waals surface area contributed by atoms with E-state index < -0.39 is 8.07 Å². The van der Waals surface area contributed by atoms with Gasteiger partial charge in [-0.25, -0.2) is 0 Å². The highest BCUT2D eigenvalue weighted by Gasteiger charge is 2.21. The van der Waals surface area contributed by atoms with Gasteiger partial charge in [-0.15, -0.1) is 6.58 Å². The van der Waals surface area contributed by atoms with Crippen molar-refractivity contribution in [3.8, 4) is 0 Å². The maximum atomic E-state index is 11.3. The summed E-state index contributed by atoms with van der Waals surface area (Å²) in [6, 6.07) is 9.92. The van der Waals surface area contributed by atoms with E-state index >= 15 is 0 Å². The van der Waals surface area contributed by atoms with Crippen LogP contribution in [0.15, 0.2) is 36.9 Å². The molecule has 0 aliphatic rings. The highest BCUT2D eigenvalue weighted by molar-refractivity contribution is 6.90. The predicted molar refractivity (Wildman–Crippen MR) is 82.1 cm³/mol. The van der Waals surface area contributed by atoms with Gasteiger partial charge < -0.3 is 0 Å². The van der Waals surface area contributed by atoms with E-state index in [0.717, 1.165) is 12.5 Å². The number of carbonyl (C=O) groups is 1. The van der Waals surface area contributed by atoms with Crippen LogP contribution in [-0.4, -0.2) is 13.9 Å². The van der Waals surface area contributed by atoms with Gasteiger partial charge in [0.25, 0.3) is 0 Å². The maximum absolute atomic E-state index is 11.3. The molecule has 1 aromatic rings. The maximum Gasteiger partial charge on any atom is 0.132 e. The summed E-state index contributed by atoms with van der Waals surface area (Å²) in [4.78, 5) is 11.3. The van der Waals surface area contributed by atoms with Crippen molar-refractivity contribution in [3.63, 3.8) is 0 Å². The summed E-state index contributed by atoms with van der Waals surface area (Å²) in [6.45, 7) is 12.2. The molecule has 0 spiro atoms. The molecule has 0 amide bonds. The van der Waals surface area contributed by atoms with Crippen LogP contribution in [0.1, 0.15) is 19.4 Å². The third kappa shape index (κ3) is 3.95. The van der Waals surface area contributed by atoms with E-state index in [1.165, 1.54) is 10.8 Å². The molecule has 0 bridgehead atoms. The molecule has 0 saturated heterocycles. The summed E-state index contributed by atoms with van der Waals surface area (Å²) < 4.78 is 0. The van der Waals surface area contributed by atoms with Crippen LogP contribution in [0.25, 0.3) is 0 Å². The molecule has 0 saturated carbocycles. The lowest BCUT2D eigenvalue weighted by molar-refractivity contribution is -0.120. The zero-order chi connectivity index (χ0) is 13.8. The topological polar surface area (TPSA) is 17.1 Å². The van der Waals surface area contributed by atoms with Crippen molar-refractivity contribution < 1.29 is 4.79 Å². The Morgan fingerprint density at radius 3 is 2.33 bits per heavy atom. The fourth-order valence-corrected chi connectivity index (χ4v) is 4.09. The van der Waals surface area contributed by atoms with Crippen molar-refractivity contribution in [2.24, 2.45) is 5.92 Å². The molecule has 0 unspecified atom stereocenters. The first-order valence-electron chi connectivity index (χ1n) is 6.57. The Morgan fingerprint density at radius 2 is 1.89 bits per heavy atom. The van der Waals surface area contributed by atoms with Gasteiger partial charge in [-0.2, -0.15) is 0 Å². The smallest absolute Gasteiger partial charge is 0.132 e. The van der Waals surface area contributed by atoms with Crippen LogP contribution in [0.2, 0.25) is 19.1 Å². The van der Waals surface area contributed by atoms with E-state index in [1.54, 1.807) is 6.92 Å². The van der Waals surface area contributed by atoms with Crippen molar-refractivity contribution in [2.45, 2.75) is 39.4 Å². The van der Waals surface area contributed by atoms with Crippen molar-refractivity contribution in [3.05, 3.63) is 42.5 Å². The van der Waals surface area contributed by atoms with Gasteiger partial charge in [0.05, 0.1) is 8.07 Å². The predicted octanol–water partition coefficient (Wildman–Crippen LogP) is 3.56. The molecule has 1 nitrogen and oxygen atoms in total. The molecule has 0 N–H and O–H groups in total. The van der Waals surface area contributed by atoms with Gasteiger partial charge in [-0.1, -0.05) is 55.5 Å². The zero-order valence-corrected chi connectivity index (χ0v) is 13.0. The van der Waals surface area contributed by atoms with Crippen LogP contribution in [0.4, 0.5) is 0 Å². The average Bonchev–Trinajstić information content (AvgIpc) is 2.29. The molecule has 0 radical (unpaired) electrons. The molecule has 0 aliphatic carbocycles. The molecule has 98 valence electrons. The van der Waals surface area contributed by atoms with E-state index in [4.69, 9.17) is 0 Å². The SMILES string of the molecule is C=CC[Si](C)(C)c1ccc(C[C@H](C)C(C)=O)cc1. The standard InChI is InChI=1S/C16H24OSi/c1-6-11-18(4,5)16-9-7-15(8-10-16)12-13(2)14(3)17/h6-10,13H,1,11-12H2,2-5H3/t13-/m0/s1. The van der Waals surface area contributed by atoms with Crippen molar-refractivity contribution in [2.75, 3.05) is 0 Å². The van der Waals surface area contributed by atoms with E-state index in [9.17, 15) is 4.79 Å². The summed E-state index contributed by atoms with van der Waals surface area (Å²) in [6.07, 6.45) is 2.87. The summed E-state index contributed by atoms with van der Waals surface area (Å²) in [5, 5.41) is 1.46. The lowest BCUT2D eigenvalue weighted by atomic mass is 9.98. The normalized spacial score (nSPS) is 13.1. The van der Waals surface area contributed by atoms with Crippen molar-refractivity contribution in [1.29, 1.82) is 0 Å². The van der Waals surface area contributed by atoms with Gasteiger partial charge in [0.15, 0.2) is 0 Å². The van der Waals surface area contributed by atoms with Gasteiger partial charge in [0, 0.05) is 5.92 Å². The Labute approximate surface area is 112 Å². The molecular formula is C16H24OSi. The molecule has 0 aromatic heterocycles. The molecule has 1 aromatic carbocycles. The minimum absolute atomic E-state index is 0.120. The Bertz CT molecular complexity index is 417. The van der Waals surface area contributed by atoms with E-state index in [1.807, 2.05) is 13.0 Å². The number of ketones is 1. The van der Waals surface area contributed by atoms with Crippen LogP contribution in [0.5, 0.6) is 0 Å². The molecule has 2 heteroatoms.